The monoisotopic (exact) mass is 425 g/mol. The summed E-state index contributed by atoms with van der Waals surface area (Å²) < 4.78 is 94.8. The molecule has 0 unspecified atom stereocenters. The van der Waals surface area contributed by atoms with Gasteiger partial charge in [-0.25, -0.2) is 0 Å². The van der Waals surface area contributed by atoms with Gasteiger partial charge < -0.3 is 5.73 Å². The van der Waals surface area contributed by atoms with Gasteiger partial charge in [-0.1, -0.05) is 0 Å². The van der Waals surface area contributed by atoms with Crippen molar-refractivity contribution < 1.29 is 38.9 Å². The molecule has 0 spiro atoms. The van der Waals surface area contributed by atoms with E-state index in [9.17, 15) is 29.8 Å². The second kappa shape index (κ2) is 6.66. The first-order chi connectivity index (χ1) is 10.2. The van der Waals surface area contributed by atoms with Gasteiger partial charge in [-0.2, -0.15) is 25.3 Å². The number of fused-ring (bicyclic) bond motifs is 1. The molecule has 0 radical (unpaired) electrons. The van der Waals surface area contributed by atoms with E-state index < -0.39 is 50.7 Å². The van der Waals surface area contributed by atoms with Crippen LogP contribution in [0, 0.1) is 0 Å². The molecule has 0 saturated heterocycles. The normalized spacial score (nSPS) is 12.8. The Labute approximate surface area is 166 Å². The van der Waals surface area contributed by atoms with Gasteiger partial charge in [-0.05, 0) is 29.7 Å². The Bertz CT molecular complexity index is 1130. The first-order valence-corrected chi connectivity index (χ1v) is 9.83. The van der Waals surface area contributed by atoms with Gasteiger partial charge in [0, 0.05) is 11.1 Å². The van der Waals surface area contributed by atoms with Crippen molar-refractivity contribution in [2.75, 3.05) is 5.73 Å². The number of hydrogen-bond acceptors (Lipinski definition) is 7. The second-order valence-corrected chi connectivity index (χ2v) is 8.69. The quantitative estimate of drug-likeness (QED) is 0.276. The fourth-order valence-electron chi connectivity index (χ4n) is 1.96. The third-order valence-electron chi connectivity index (χ3n) is 2.86. The van der Waals surface area contributed by atoms with Crippen molar-refractivity contribution in [2.24, 2.45) is 0 Å². The Morgan fingerprint density at radius 3 is 1.50 bits per heavy atom. The van der Waals surface area contributed by atoms with Crippen LogP contribution in [0.15, 0.2) is 39.0 Å². The van der Waals surface area contributed by atoms with Crippen LogP contribution in [0.5, 0.6) is 0 Å². The molecule has 2 aromatic carbocycles. The van der Waals surface area contributed by atoms with E-state index in [2.05, 4.69) is 0 Å². The molecule has 0 aliphatic rings. The van der Waals surface area contributed by atoms with E-state index in [1.165, 1.54) is 0 Å². The molecule has 0 bridgehead atoms. The van der Waals surface area contributed by atoms with Crippen LogP contribution >= 0.6 is 0 Å². The molecule has 0 amide bonds. The van der Waals surface area contributed by atoms with Crippen molar-refractivity contribution in [2.45, 2.75) is 14.7 Å². The molecule has 0 heterocycles. The van der Waals surface area contributed by atoms with Gasteiger partial charge in [0.05, 0.1) is 9.79 Å². The summed E-state index contributed by atoms with van der Waals surface area (Å²) >= 11 is 0. The standard InChI is InChI=1S/C10H9NO9S3.Ca.2H/c11-8-3-6(21(12,13)14)1-5-2-7(22(15,16)17)4-9(10(5)8)23(18,19)20;;;/h1-4H,11H2,(H,12,13,14)(H,15,16,17)(H,18,19,20);;;. The van der Waals surface area contributed by atoms with Crippen molar-refractivity contribution in [1.29, 1.82) is 0 Å². The minimum atomic E-state index is -4.95. The predicted octanol–water partition coefficient (Wildman–Crippen LogP) is -0.754. The minimum absolute atomic E-state index is 0. The number of anilines is 1. The van der Waals surface area contributed by atoms with E-state index in [4.69, 9.17) is 14.8 Å². The molecule has 0 aliphatic heterocycles. The molecule has 0 atom stereocenters. The van der Waals surface area contributed by atoms with Gasteiger partial charge >= 0.3 is 37.7 Å². The molecule has 130 valence electrons. The van der Waals surface area contributed by atoms with Crippen LogP contribution in [-0.2, 0) is 30.4 Å². The molecule has 5 N–H and O–H groups in total. The first kappa shape index (κ1) is 21.5. The Hall–Kier alpha value is -0.510. The number of nitrogen functional groups attached to an aromatic ring is 1. The summed E-state index contributed by atoms with van der Waals surface area (Å²) in [6.45, 7) is 0. The summed E-state index contributed by atoms with van der Waals surface area (Å²) in [4.78, 5) is -2.58. The molecule has 2 aromatic rings. The van der Waals surface area contributed by atoms with Gasteiger partial charge in [-0.3, -0.25) is 13.7 Å². The van der Waals surface area contributed by atoms with Crippen LogP contribution in [-0.4, -0.2) is 76.6 Å². The molecule has 24 heavy (non-hydrogen) atoms. The van der Waals surface area contributed by atoms with Gasteiger partial charge in [-0.15, -0.1) is 0 Å². The van der Waals surface area contributed by atoms with E-state index in [0.29, 0.717) is 6.07 Å². The fourth-order valence-corrected chi connectivity index (χ4v) is 3.89. The first-order valence-electron chi connectivity index (χ1n) is 5.51. The third-order valence-corrected chi connectivity index (χ3v) is 5.40. The second-order valence-electron chi connectivity index (χ2n) is 4.46. The molecule has 14 heteroatoms. The van der Waals surface area contributed by atoms with E-state index in [0.717, 1.165) is 18.2 Å². The number of hydrogen-bond donors (Lipinski definition) is 4. The Kier molecular flexibility index (Phi) is 5.98. The number of benzene rings is 2. The van der Waals surface area contributed by atoms with Crippen molar-refractivity contribution in [3.63, 3.8) is 0 Å². The Morgan fingerprint density at radius 1 is 0.708 bits per heavy atom. The SMILES string of the molecule is Nc1cc(S(=O)(=O)O)cc2cc(S(=O)(=O)O)cc(S(=O)(=O)O)c12.[CaH2]. The van der Waals surface area contributed by atoms with Gasteiger partial charge in [0.25, 0.3) is 30.4 Å². The van der Waals surface area contributed by atoms with Crippen LogP contribution in [0.4, 0.5) is 5.69 Å². The fraction of sp³-hybridized carbons (Fsp3) is 0. The molecule has 0 aliphatic carbocycles. The van der Waals surface area contributed by atoms with Crippen molar-refractivity contribution in [3.8, 4) is 0 Å². The van der Waals surface area contributed by atoms with E-state index >= 15 is 0 Å². The van der Waals surface area contributed by atoms with Crippen LogP contribution in [0.2, 0.25) is 0 Å². The predicted molar refractivity (Wildman–Crippen MR) is 86.3 cm³/mol. The summed E-state index contributed by atoms with van der Waals surface area (Å²) in [6.07, 6.45) is 0. The summed E-state index contributed by atoms with van der Waals surface area (Å²) in [6, 6.07) is 2.69. The molecular weight excluding hydrogens is 414 g/mol. The van der Waals surface area contributed by atoms with Crippen LogP contribution in [0.1, 0.15) is 0 Å². The summed E-state index contributed by atoms with van der Waals surface area (Å²) in [5.74, 6) is 0. The van der Waals surface area contributed by atoms with Crippen molar-refractivity contribution >= 4 is 84.6 Å². The van der Waals surface area contributed by atoms with Gasteiger partial charge in [0.15, 0.2) is 0 Å². The molecule has 0 saturated carbocycles. The average Bonchev–Trinajstić information content (AvgIpc) is 2.33. The zero-order valence-electron chi connectivity index (χ0n) is 10.9. The summed E-state index contributed by atoms with van der Waals surface area (Å²) in [5, 5.41) is -0.715. The Morgan fingerprint density at radius 2 is 1.12 bits per heavy atom. The zero-order valence-corrected chi connectivity index (χ0v) is 13.4. The molecular formula is C10H11CaNO9S3. The Balaban J connectivity index is 0.00000288. The van der Waals surface area contributed by atoms with Crippen LogP contribution in [0.25, 0.3) is 10.8 Å². The molecule has 0 aromatic heterocycles. The van der Waals surface area contributed by atoms with Gasteiger partial charge in [0.2, 0.25) is 0 Å². The summed E-state index contributed by atoms with van der Waals surface area (Å²) in [7, 11) is -14.5. The van der Waals surface area contributed by atoms with E-state index in [1.54, 1.807) is 0 Å². The third kappa shape index (κ3) is 4.36. The summed E-state index contributed by atoms with van der Waals surface area (Å²) in [5.41, 5.74) is 5.09. The van der Waals surface area contributed by atoms with Crippen LogP contribution < -0.4 is 5.73 Å². The molecule has 10 nitrogen and oxygen atoms in total. The van der Waals surface area contributed by atoms with Gasteiger partial charge in [0.1, 0.15) is 4.90 Å². The molecule has 2 rings (SSSR count). The van der Waals surface area contributed by atoms with Crippen molar-refractivity contribution in [3.05, 3.63) is 24.3 Å². The number of nitrogens with two attached hydrogens (primary N) is 1. The maximum absolute atomic E-state index is 11.4. The topological polar surface area (TPSA) is 189 Å². The van der Waals surface area contributed by atoms with E-state index in [1.807, 2.05) is 0 Å². The van der Waals surface area contributed by atoms with Crippen LogP contribution in [0.3, 0.4) is 0 Å². The molecule has 0 fully saturated rings. The van der Waals surface area contributed by atoms with E-state index in [-0.39, 0.29) is 48.5 Å². The average molecular weight is 425 g/mol. The zero-order chi connectivity index (χ0) is 17.8. The number of rotatable bonds is 3. The van der Waals surface area contributed by atoms with Crippen molar-refractivity contribution in [1.82, 2.24) is 0 Å². The maximum atomic E-state index is 11.4.